The fraction of sp³-hybridized carbons (Fsp3) is 0.235. The normalized spacial score (nSPS) is 14.2. The average molecular weight is 295 g/mol. The molecule has 1 aliphatic rings. The van der Waals surface area contributed by atoms with E-state index in [-0.39, 0.29) is 11.8 Å². The Bertz CT molecular complexity index is 685. The molecule has 2 aromatic rings. The van der Waals surface area contributed by atoms with Gasteiger partial charge in [0.2, 0.25) is 5.91 Å². The van der Waals surface area contributed by atoms with E-state index in [0.717, 1.165) is 24.3 Å². The van der Waals surface area contributed by atoms with E-state index in [1.54, 1.807) is 29.3 Å². The number of nitrogens with zero attached hydrogens (tertiary/aromatic N) is 2. The summed E-state index contributed by atoms with van der Waals surface area (Å²) in [4.78, 5) is 29.9. The van der Waals surface area contributed by atoms with E-state index in [2.05, 4.69) is 10.3 Å². The van der Waals surface area contributed by atoms with Crippen molar-refractivity contribution < 1.29 is 9.59 Å². The molecule has 22 heavy (non-hydrogen) atoms. The fourth-order valence-corrected chi connectivity index (χ4v) is 2.51. The molecule has 3 rings (SSSR count). The van der Waals surface area contributed by atoms with Crippen LogP contribution in [0.25, 0.3) is 0 Å². The molecule has 0 bridgehead atoms. The van der Waals surface area contributed by atoms with Crippen LogP contribution in [0.1, 0.15) is 28.9 Å². The lowest BCUT2D eigenvalue weighted by Crippen LogP contribution is -2.26. The summed E-state index contributed by atoms with van der Waals surface area (Å²) in [6.45, 7) is 1.10. The Labute approximate surface area is 129 Å². The Morgan fingerprint density at radius 3 is 2.86 bits per heavy atom. The molecule has 0 atom stereocenters. The Morgan fingerprint density at radius 2 is 2.14 bits per heavy atom. The molecular formula is C17H17N3O2. The topological polar surface area (TPSA) is 62.3 Å². The van der Waals surface area contributed by atoms with Crippen molar-refractivity contribution in [2.45, 2.75) is 19.4 Å². The lowest BCUT2D eigenvalue weighted by Gasteiger charge is -2.16. The zero-order valence-electron chi connectivity index (χ0n) is 12.2. The van der Waals surface area contributed by atoms with Crippen LogP contribution in [-0.2, 0) is 11.3 Å². The number of amides is 2. The van der Waals surface area contributed by atoms with Crippen molar-refractivity contribution in [3.8, 4) is 0 Å². The summed E-state index contributed by atoms with van der Waals surface area (Å²) in [7, 11) is 0. The molecule has 0 aliphatic carbocycles. The molecule has 1 fully saturated rings. The van der Waals surface area contributed by atoms with Gasteiger partial charge in [-0.2, -0.15) is 0 Å². The van der Waals surface area contributed by atoms with E-state index in [1.807, 2.05) is 24.3 Å². The Morgan fingerprint density at radius 1 is 1.23 bits per heavy atom. The van der Waals surface area contributed by atoms with Gasteiger partial charge in [0.15, 0.2) is 0 Å². The number of hydrogen-bond acceptors (Lipinski definition) is 3. The van der Waals surface area contributed by atoms with Crippen LogP contribution in [0.5, 0.6) is 0 Å². The highest BCUT2D eigenvalue weighted by atomic mass is 16.2. The SMILES string of the molecule is O=C(NCc1ccccn1)c1cccc(N2CCCC2=O)c1. The van der Waals surface area contributed by atoms with Crippen molar-refractivity contribution in [2.24, 2.45) is 0 Å². The van der Waals surface area contributed by atoms with Gasteiger partial charge in [0, 0.05) is 30.4 Å². The number of carbonyl (C=O) groups is 2. The van der Waals surface area contributed by atoms with Gasteiger partial charge in [-0.1, -0.05) is 12.1 Å². The zero-order chi connectivity index (χ0) is 15.4. The third kappa shape index (κ3) is 3.14. The van der Waals surface area contributed by atoms with Crippen LogP contribution >= 0.6 is 0 Å². The van der Waals surface area contributed by atoms with Crippen LogP contribution in [0, 0.1) is 0 Å². The number of carbonyl (C=O) groups excluding carboxylic acids is 2. The number of nitrogens with one attached hydrogen (secondary N) is 1. The minimum absolute atomic E-state index is 0.117. The summed E-state index contributed by atoms with van der Waals surface area (Å²) < 4.78 is 0. The second-order valence-corrected chi connectivity index (χ2v) is 5.20. The summed E-state index contributed by atoms with van der Waals surface area (Å²) in [5.41, 5.74) is 2.14. The lowest BCUT2D eigenvalue weighted by molar-refractivity contribution is -0.117. The number of benzene rings is 1. The zero-order valence-corrected chi connectivity index (χ0v) is 12.2. The molecule has 0 radical (unpaired) electrons. The van der Waals surface area contributed by atoms with Crippen molar-refractivity contribution in [2.75, 3.05) is 11.4 Å². The molecule has 1 aromatic heterocycles. The van der Waals surface area contributed by atoms with Gasteiger partial charge in [0.1, 0.15) is 0 Å². The van der Waals surface area contributed by atoms with E-state index in [4.69, 9.17) is 0 Å². The first-order chi connectivity index (χ1) is 10.7. The summed E-state index contributed by atoms with van der Waals surface area (Å²) in [6.07, 6.45) is 3.14. The van der Waals surface area contributed by atoms with Gasteiger partial charge in [0.25, 0.3) is 5.91 Å². The van der Waals surface area contributed by atoms with Crippen LogP contribution in [0.4, 0.5) is 5.69 Å². The number of aromatic nitrogens is 1. The quantitative estimate of drug-likeness (QED) is 0.940. The van der Waals surface area contributed by atoms with Gasteiger partial charge >= 0.3 is 0 Å². The maximum absolute atomic E-state index is 12.2. The van der Waals surface area contributed by atoms with Crippen LogP contribution in [0.15, 0.2) is 48.7 Å². The van der Waals surface area contributed by atoms with Gasteiger partial charge in [0.05, 0.1) is 12.2 Å². The lowest BCUT2D eigenvalue weighted by atomic mass is 10.1. The van der Waals surface area contributed by atoms with Gasteiger partial charge in [-0.15, -0.1) is 0 Å². The first-order valence-corrected chi connectivity index (χ1v) is 7.32. The minimum Gasteiger partial charge on any atom is -0.346 e. The van der Waals surface area contributed by atoms with Crippen LogP contribution in [0.3, 0.4) is 0 Å². The molecule has 0 spiro atoms. The van der Waals surface area contributed by atoms with Crippen LogP contribution < -0.4 is 10.2 Å². The summed E-state index contributed by atoms with van der Waals surface area (Å²) in [5, 5.41) is 2.84. The second kappa shape index (κ2) is 6.39. The van der Waals surface area contributed by atoms with Gasteiger partial charge in [-0.3, -0.25) is 14.6 Å². The molecule has 2 amide bonds. The second-order valence-electron chi connectivity index (χ2n) is 5.20. The first kappa shape index (κ1) is 14.3. The molecule has 1 saturated heterocycles. The average Bonchev–Trinajstić information content (AvgIpc) is 3.00. The highest BCUT2D eigenvalue weighted by Crippen LogP contribution is 2.22. The highest BCUT2D eigenvalue weighted by molar-refractivity contribution is 5.99. The highest BCUT2D eigenvalue weighted by Gasteiger charge is 2.22. The Kier molecular flexibility index (Phi) is 4.14. The molecule has 112 valence electrons. The standard InChI is InChI=1S/C17H17N3O2/c21-16-8-4-10-20(16)15-7-3-5-13(11-15)17(22)19-12-14-6-1-2-9-18-14/h1-3,5-7,9,11H,4,8,10,12H2,(H,19,22). The van der Waals surface area contributed by atoms with Gasteiger partial charge in [-0.25, -0.2) is 0 Å². The maximum Gasteiger partial charge on any atom is 0.251 e. The van der Waals surface area contributed by atoms with Crippen LogP contribution in [0.2, 0.25) is 0 Å². The summed E-state index contributed by atoms with van der Waals surface area (Å²) >= 11 is 0. The molecule has 5 heteroatoms. The number of anilines is 1. The predicted octanol–water partition coefficient (Wildman–Crippen LogP) is 2.14. The van der Waals surface area contributed by atoms with Gasteiger partial charge < -0.3 is 10.2 Å². The van der Waals surface area contributed by atoms with E-state index >= 15 is 0 Å². The van der Waals surface area contributed by atoms with Crippen LogP contribution in [-0.4, -0.2) is 23.3 Å². The van der Waals surface area contributed by atoms with Crippen molar-refractivity contribution in [3.63, 3.8) is 0 Å². The maximum atomic E-state index is 12.2. The molecular weight excluding hydrogens is 278 g/mol. The van der Waals surface area contributed by atoms with Crippen molar-refractivity contribution in [1.29, 1.82) is 0 Å². The predicted molar refractivity (Wildman–Crippen MR) is 83.4 cm³/mol. The Hall–Kier alpha value is -2.69. The number of rotatable bonds is 4. The molecule has 5 nitrogen and oxygen atoms in total. The van der Waals surface area contributed by atoms with E-state index in [1.165, 1.54) is 0 Å². The Balaban J connectivity index is 1.69. The molecule has 1 aromatic carbocycles. The minimum atomic E-state index is -0.167. The molecule has 0 saturated carbocycles. The van der Waals surface area contributed by atoms with Crippen molar-refractivity contribution in [1.82, 2.24) is 10.3 Å². The first-order valence-electron chi connectivity index (χ1n) is 7.32. The summed E-state index contributed by atoms with van der Waals surface area (Å²) in [6, 6.07) is 12.7. The molecule has 2 heterocycles. The smallest absolute Gasteiger partial charge is 0.251 e. The van der Waals surface area contributed by atoms with E-state index in [0.29, 0.717) is 18.5 Å². The third-order valence-corrected chi connectivity index (χ3v) is 3.65. The number of pyridine rings is 1. The van der Waals surface area contributed by atoms with Crippen molar-refractivity contribution >= 4 is 17.5 Å². The van der Waals surface area contributed by atoms with E-state index in [9.17, 15) is 9.59 Å². The van der Waals surface area contributed by atoms with Crippen molar-refractivity contribution in [3.05, 3.63) is 59.9 Å². The third-order valence-electron chi connectivity index (χ3n) is 3.65. The van der Waals surface area contributed by atoms with E-state index < -0.39 is 0 Å². The largest absolute Gasteiger partial charge is 0.346 e. The summed E-state index contributed by atoms with van der Waals surface area (Å²) in [5.74, 6) is -0.0507. The monoisotopic (exact) mass is 295 g/mol. The molecule has 0 unspecified atom stereocenters. The molecule has 1 N–H and O–H groups in total. The number of hydrogen-bond donors (Lipinski definition) is 1. The van der Waals surface area contributed by atoms with Gasteiger partial charge in [-0.05, 0) is 36.8 Å². The molecule has 1 aliphatic heterocycles. The fourth-order valence-electron chi connectivity index (χ4n) is 2.51.